The Balaban J connectivity index is 1.40. The van der Waals surface area contributed by atoms with Gasteiger partial charge in [0.25, 0.3) is 0 Å². The van der Waals surface area contributed by atoms with Crippen LogP contribution in [-0.4, -0.2) is 34.8 Å². The van der Waals surface area contributed by atoms with Crippen molar-refractivity contribution in [2.75, 3.05) is 33.9 Å². The van der Waals surface area contributed by atoms with Gasteiger partial charge in [-0.2, -0.15) is 0 Å². The van der Waals surface area contributed by atoms with Crippen molar-refractivity contribution < 1.29 is 9.53 Å². The first-order valence-corrected chi connectivity index (χ1v) is 12.9. The molecule has 5 rings (SSSR count). The van der Waals surface area contributed by atoms with Crippen LogP contribution in [0, 0.1) is 13.8 Å². The molecule has 0 bridgehead atoms. The van der Waals surface area contributed by atoms with Gasteiger partial charge in [0.2, 0.25) is 0 Å². The van der Waals surface area contributed by atoms with Crippen LogP contribution in [0.2, 0.25) is 0 Å². The van der Waals surface area contributed by atoms with E-state index in [1.54, 1.807) is 4.90 Å². The van der Waals surface area contributed by atoms with Gasteiger partial charge in [-0.15, -0.1) is 0 Å². The van der Waals surface area contributed by atoms with Gasteiger partial charge in [0.05, 0.1) is 23.3 Å². The molecule has 2 aliphatic heterocycles. The molecule has 0 unspecified atom stereocenters. The molecule has 0 saturated carbocycles. The zero-order valence-corrected chi connectivity index (χ0v) is 22.4. The molecule has 37 heavy (non-hydrogen) atoms. The summed E-state index contributed by atoms with van der Waals surface area (Å²) in [4.78, 5) is 26.6. The molecule has 8 heteroatoms. The number of hydrogen-bond donors (Lipinski definition) is 2. The Bertz CT molecular complexity index is 1350. The normalized spacial score (nSPS) is 15.2. The molecule has 0 atom stereocenters. The third-order valence-electron chi connectivity index (χ3n) is 7.01. The number of ether oxygens (including phenoxy) is 1. The highest BCUT2D eigenvalue weighted by Gasteiger charge is 2.31. The molecular formula is C29H36N6O2. The molecule has 2 aromatic heterocycles. The average molecular weight is 501 g/mol. The summed E-state index contributed by atoms with van der Waals surface area (Å²) >= 11 is 0. The van der Waals surface area contributed by atoms with Crippen LogP contribution in [0.3, 0.4) is 0 Å². The van der Waals surface area contributed by atoms with Crippen molar-refractivity contribution in [3.8, 4) is 0 Å². The highest BCUT2D eigenvalue weighted by Crippen LogP contribution is 2.37. The highest BCUT2D eigenvalue weighted by atomic mass is 16.6. The first-order chi connectivity index (χ1) is 17.6. The number of pyridine rings is 2. The number of carbonyl (C=O) groups excluding carboxylic acids is 1. The van der Waals surface area contributed by atoms with Crippen LogP contribution in [0.4, 0.5) is 33.4 Å². The monoisotopic (exact) mass is 500 g/mol. The van der Waals surface area contributed by atoms with Crippen molar-refractivity contribution in [2.45, 2.75) is 66.0 Å². The topological polar surface area (TPSA) is 96.6 Å². The zero-order valence-electron chi connectivity index (χ0n) is 22.4. The van der Waals surface area contributed by atoms with Crippen LogP contribution in [0.15, 0.2) is 36.7 Å². The predicted octanol–water partition coefficient (Wildman–Crippen LogP) is 5.67. The molecule has 3 aromatic rings. The van der Waals surface area contributed by atoms with Crippen LogP contribution in [0.1, 0.15) is 55.1 Å². The number of nitrogen functional groups attached to an aromatic ring is 1. The van der Waals surface area contributed by atoms with E-state index in [-0.39, 0.29) is 6.09 Å². The van der Waals surface area contributed by atoms with E-state index >= 15 is 0 Å². The summed E-state index contributed by atoms with van der Waals surface area (Å²) in [6.45, 7) is 12.0. The number of aromatic nitrogens is 2. The van der Waals surface area contributed by atoms with Gasteiger partial charge in [0.15, 0.2) is 0 Å². The molecule has 1 amide bonds. The van der Waals surface area contributed by atoms with E-state index < -0.39 is 5.60 Å². The fourth-order valence-corrected chi connectivity index (χ4v) is 5.12. The molecule has 194 valence electrons. The number of fused-ring (bicyclic) bond motifs is 2. The SMILES string of the molecule is Cc1cc(Nc2cc3c(cn2)CCN(c2cnc4c(c2C)N(C(=O)OC(C)(C)C)CCC4)C3)ccc1N. The number of nitrogens with two attached hydrogens (primary N) is 1. The van der Waals surface area contributed by atoms with Crippen molar-refractivity contribution in [1.82, 2.24) is 9.97 Å². The van der Waals surface area contributed by atoms with Crippen LogP contribution in [0.25, 0.3) is 0 Å². The van der Waals surface area contributed by atoms with Crippen molar-refractivity contribution in [3.05, 3.63) is 64.6 Å². The number of benzene rings is 1. The third-order valence-corrected chi connectivity index (χ3v) is 7.01. The first kappa shape index (κ1) is 24.9. The summed E-state index contributed by atoms with van der Waals surface area (Å²) in [5.74, 6) is 0.807. The molecule has 1 aromatic carbocycles. The third kappa shape index (κ3) is 5.19. The number of nitrogens with zero attached hydrogens (tertiary/aromatic N) is 4. The number of nitrogens with one attached hydrogen (secondary N) is 1. The average Bonchev–Trinajstić information content (AvgIpc) is 2.85. The molecular weight excluding hydrogens is 464 g/mol. The molecule has 4 heterocycles. The lowest BCUT2D eigenvalue weighted by atomic mass is 9.99. The minimum atomic E-state index is -0.547. The maximum Gasteiger partial charge on any atom is 0.414 e. The molecule has 8 nitrogen and oxygen atoms in total. The molecule has 0 saturated heterocycles. The summed E-state index contributed by atoms with van der Waals surface area (Å²) < 4.78 is 5.72. The fraction of sp³-hybridized carbons (Fsp3) is 0.414. The second-order valence-electron chi connectivity index (χ2n) is 11.0. The standard InChI is InChI=1S/C29H36N6O2/c1-18-13-22(8-9-23(18)30)33-26-14-21-17-34(12-10-20(21)15-32-26)25-16-31-24-7-6-11-35(27(24)19(25)2)28(36)37-29(3,4)5/h8-9,13-16H,6-7,10-12,17,30H2,1-5H3,(H,32,33). The van der Waals surface area contributed by atoms with E-state index in [2.05, 4.69) is 28.2 Å². The Morgan fingerprint density at radius 3 is 2.62 bits per heavy atom. The second-order valence-corrected chi connectivity index (χ2v) is 11.0. The van der Waals surface area contributed by atoms with Gasteiger partial charge in [-0.25, -0.2) is 9.78 Å². The van der Waals surface area contributed by atoms with Crippen molar-refractivity contribution >= 4 is 34.7 Å². The van der Waals surface area contributed by atoms with E-state index in [0.29, 0.717) is 6.54 Å². The van der Waals surface area contributed by atoms with Gasteiger partial charge in [0.1, 0.15) is 11.4 Å². The van der Waals surface area contributed by atoms with Crippen molar-refractivity contribution in [2.24, 2.45) is 0 Å². The number of amides is 1. The van der Waals surface area contributed by atoms with Crippen LogP contribution >= 0.6 is 0 Å². The largest absolute Gasteiger partial charge is 0.443 e. The second kappa shape index (κ2) is 9.57. The summed E-state index contributed by atoms with van der Waals surface area (Å²) in [5, 5.41) is 3.41. The van der Waals surface area contributed by atoms with E-state index in [9.17, 15) is 4.79 Å². The Hall–Kier alpha value is -3.81. The van der Waals surface area contributed by atoms with Crippen LogP contribution in [-0.2, 0) is 24.1 Å². The van der Waals surface area contributed by atoms with Gasteiger partial charge in [-0.1, -0.05) is 0 Å². The quantitative estimate of drug-likeness (QED) is 0.447. The predicted molar refractivity (Wildman–Crippen MR) is 149 cm³/mol. The molecule has 0 radical (unpaired) electrons. The van der Waals surface area contributed by atoms with Gasteiger partial charge in [-0.05, 0) is 100 Å². The van der Waals surface area contributed by atoms with Gasteiger partial charge < -0.3 is 20.7 Å². The Morgan fingerprint density at radius 1 is 1.05 bits per heavy atom. The van der Waals surface area contributed by atoms with Gasteiger partial charge in [-0.3, -0.25) is 9.88 Å². The lowest BCUT2D eigenvalue weighted by Gasteiger charge is -2.36. The highest BCUT2D eigenvalue weighted by molar-refractivity contribution is 5.91. The number of anilines is 5. The lowest BCUT2D eigenvalue weighted by Crippen LogP contribution is -2.41. The molecule has 0 aliphatic carbocycles. The minimum absolute atomic E-state index is 0.306. The maximum atomic E-state index is 13.0. The molecule has 0 spiro atoms. The maximum absolute atomic E-state index is 13.0. The Labute approximate surface area is 218 Å². The Morgan fingerprint density at radius 2 is 1.86 bits per heavy atom. The summed E-state index contributed by atoms with van der Waals surface area (Å²) in [7, 11) is 0. The van der Waals surface area contributed by atoms with Gasteiger partial charge in [0, 0.05) is 37.2 Å². The van der Waals surface area contributed by atoms with Crippen LogP contribution in [0.5, 0.6) is 0 Å². The lowest BCUT2D eigenvalue weighted by molar-refractivity contribution is 0.0577. The van der Waals surface area contributed by atoms with E-state index in [4.69, 9.17) is 15.5 Å². The summed E-state index contributed by atoms with van der Waals surface area (Å²) in [6.07, 6.45) is 6.28. The molecule has 3 N–H and O–H groups in total. The zero-order chi connectivity index (χ0) is 26.3. The van der Waals surface area contributed by atoms with Crippen LogP contribution < -0.4 is 20.9 Å². The minimum Gasteiger partial charge on any atom is -0.443 e. The van der Waals surface area contributed by atoms with Crippen molar-refractivity contribution in [1.29, 1.82) is 0 Å². The number of carbonyl (C=O) groups is 1. The Kier molecular flexibility index (Phi) is 6.43. The molecule has 2 aliphatic rings. The summed E-state index contributed by atoms with van der Waals surface area (Å²) in [5.41, 5.74) is 14.7. The van der Waals surface area contributed by atoms with Crippen molar-refractivity contribution in [3.63, 3.8) is 0 Å². The number of hydrogen-bond acceptors (Lipinski definition) is 7. The fourth-order valence-electron chi connectivity index (χ4n) is 5.12. The summed E-state index contributed by atoms with van der Waals surface area (Å²) in [6, 6.07) is 8.03. The van der Waals surface area contributed by atoms with E-state index in [0.717, 1.165) is 77.7 Å². The smallest absolute Gasteiger partial charge is 0.414 e. The number of aryl methyl sites for hydroxylation is 2. The van der Waals surface area contributed by atoms with Gasteiger partial charge >= 0.3 is 6.09 Å². The first-order valence-electron chi connectivity index (χ1n) is 12.9. The van der Waals surface area contributed by atoms with E-state index in [1.807, 2.05) is 58.3 Å². The molecule has 0 fully saturated rings. The van der Waals surface area contributed by atoms with E-state index in [1.165, 1.54) is 11.1 Å². The number of rotatable bonds is 3.